The SMILES string of the molecule is CN(CCNC(N)=NCCSCc1nc[nH]c1Br)C(N)=NC#N. The fraction of sp³-hybridized carbons (Fsp3) is 0.500. The third kappa shape index (κ3) is 7.75. The number of rotatable bonds is 8. The van der Waals surface area contributed by atoms with Crippen LogP contribution in [0.2, 0.25) is 0 Å². The number of nitrogens with zero attached hydrogens (tertiary/aromatic N) is 5. The lowest BCUT2D eigenvalue weighted by molar-refractivity contribution is 0.498. The molecule has 126 valence electrons. The van der Waals surface area contributed by atoms with Gasteiger partial charge in [0.05, 0.1) is 18.6 Å². The number of aromatic nitrogens is 2. The highest BCUT2D eigenvalue weighted by Gasteiger charge is 2.02. The largest absolute Gasteiger partial charge is 0.370 e. The summed E-state index contributed by atoms with van der Waals surface area (Å²) in [5.74, 6) is 2.22. The summed E-state index contributed by atoms with van der Waals surface area (Å²) in [7, 11) is 1.75. The summed E-state index contributed by atoms with van der Waals surface area (Å²) in [5.41, 5.74) is 12.3. The Morgan fingerprint density at radius 3 is 3.04 bits per heavy atom. The Kier molecular flexibility index (Phi) is 8.93. The van der Waals surface area contributed by atoms with Crippen LogP contribution in [0.15, 0.2) is 20.9 Å². The van der Waals surface area contributed by atoms with Crippen LogP contribution in [0, 0.1) is 11.5 Å². The van der Waals surface area contributed by atoms with Gasteiger partial charge >= 0.3 is 0 Å². The second-order valence-corrected chi connectivity index (χ2v) is 6.30. The van der Waals surface area contributed by atoms with Gasteiger partial charge in [0, 0.05) is 31.6 Å². The van der Waals surface area contributed by atoms with Gasteiger partial charge in [0.25, 0.3) is 0 Å². The fourth-order valence-electron chi connectivity index (χ4n) is 1.47. The molecule has 6 N–H and O–H groups in total. The minimum Gasteiger partial charge on any atom is -0.370 e. The van der Waals surface area contributed by atoms with Gasteiger partial charge < -0.3 is 26.7 Å². The van der Waals surface area contributed by atoms with Gasteiger partial charge in [-0.05, 0) is 15.9 Å². The number of nitrogens with one attached hydrogen (secondary N) is 2. The van der Waals surface area contributed by atoms with Crippen LogP contribution in [-0.2, 0) is 5.75 Å². The first kappa shape index (κ1) is 19.1. The summed E-state index contributed by atoms with van der Waals surface area (Å²) >= 11 is 5.12. The van der Waals surface area contributed by atoms with Crippen molar-refractivity contribution >= 4 is 39.6 Å². The first-order chi connectivity index (χ1) is 11.0. The van der Waals surface area contributed by atoms with Crippen LogP contribution in [0.3, 0.4) is 0 Å². The molecule has 0 aliphatic heterocycles. The van der Waals surface area contributed by atoms with Gasteiger partial charge in [-0.15, -0.1) is 4.99 Å². The third-order valence-electron chi connectivity index (χ3n) is 2.73. The zero-order chi connectivity index (χ0) is 17.1. The van der Waals surface area contributed by atoms with Crippen molar-refractivity contribution in [3.63, 3.8) is 0 Å². The molecule has 23 heavy (non-hydrogen) atoms. The molecule has 0 fully saturated rings. The highest BCUT2D eigenvalue weighted by molar-refractivity contribution is 9.10. The van der Waals surface area contributed by atoms with E-state index in [1.54, 1.807) is 36.2 Å². The van der Waals surface area contributed by atoms with Crippen LogP contribution >= 0.6 is 27.7 Å². The highest BCUT2D eigenvalue weighted by Crippen LogP contribution is 2.17. The average Bonchev–Trinajstić information content (AvgIpc) is 2.92. The minimum absolute atomic E-state index is 0.172. The van der Waals surface area contributed by atoms with Gasteiger partial charge in [-0.3, -0.25) is 4.99 Å². The Morgan fingerprint density at radius 1 is 1.61 bits per heavy atom. The van der Waals surface area contributed by atoms with Crippen molar-refractivity contribution in [3.05, 3.63) is 16.6 Å². The van der Waals surface area contributed by atoms with E-state index in [-0.39, 0.29) is 5.96 Å². The van der Waals surface area contributed by atoms with Crippen molar-refractivity contribution in [2.75, 3.05) is 32.4 Å². The lowest BCUT2D eigenvalue weighted by Crippen LogP contribution is -2.41. The quantitative estimate of drug-likeness (QED) is 0.208. The fourth-order valence-corrected chi connectivity index (χ4v) is 2.77. The van der Waals surface area contributed by atoms with Crippen molar-refractivity contribution in [2.45, 2.75) is 5.75 Å². The topological polar surface area (TPSA) is 144 Å². The number of likely N-dealkylation sites (N-methyl/N-ethyl adjacent to an activating group) is 1. The molecular formula is C12H20BrN9S. The number of aromatic amines is 1. The number of thioether (sulfide) groups is 1. The molecule has 0 saturated carbocycles. The van der Waals surface area contributed by atoms with Gasteiger partial charge in [-0.25, -0.2) is 4.98 Å². The molecule has 0 spiro atoms. The molecule has 0 amide bonds. The summed E-state index contributed by atoms with van der Waals surface area (Å²) in [6.45, 7) is 1.75. The van der Waals surface area contributed by atoms with Gasteiger partial charge in [-0.1, -0.05) is 0 Å². The van der Waals surface area contributed by atoms with Crippen LogP contribution in [0.5, 0.6) is 0 Å². The molecule has 0 aliphatic rings. The van der Waals surface area contributed by atoms with Crippen molar-refractivity contribution in [1.82, 2.24) is 20.2 Å². The maximum absolute atomic E-state index is 8.41. The molecule has 1 rings (SSSR count). The Labute approximate surface area is 147 Å². The standard InChI is InChI=1S/C12H20BrN9S/c1-22(12(16)19-7-14)4-2-17-11(15)18-3-5-23-6-9-10(13)21-8-20-9/h8H,2-6H2,1H3,(H2,16,19)(H,20,21)(H3,15,17,18). The molecule has 0 bridgehead atoms. The summed E-state index contributed by atoms with van der Waals surface area (Å²) in [6, 6.07) is 0. The minimum atomic E-state index is 0.172. The van der Waals surface area contributed by atoms with E-state index in [4.69, 9.17) is 16.7 Å². The molecule has 0 atom stereocenters. The molecule has 1 aromatic heterocycles. The van der Waals surface area contributed by atoms with Gasteiger partial charge in [-0.2, -0.15) is 17.0 Å². The van der Waals surface area contributed by atoms with Crippen molar-refractivity contribution in [1.29, 1.82) is 5.26 Å². The summed E-state index contributed by atoms with van der Waals surface area (Å²) < 4.78 is 0.915. The molecule has 0 saturated heterocycles. The molecule has 1 aromatic rings. The molecule has 0 aromatic carbocycles. The lowest BCUT2D eigenvalue weighted by Gasteiger charge is -2.17. The number of halogens is 1. The maximum Gasteiger partial charge on any atom is 0.209 e. The predicted octanol–water partition coefficient (Wildman–Crippen LogP) is 0.0373. The zero-order valence-electron chi connectivity index (χ0n) is 12.8. The van der Waals surface area contributed by atoms with Crippen LogP contribution < -0.4 is 16.8 Å². The smallest absolute Gasteiger partial charge is 0.209 e. The van der Waals surface area contributed by atoms with Crippen LogP contribution in [-0.4, -0.2) is 59.2 Å². The lowest BCUT2D eigenvalue weighted by atomic mass is 10.5. The molecule has 0 aliphatic carbocycles. The number of nitrogens with two attached hydrogens (primary N) is 2. The number of imidazole rings is 1. The first-order valence-corrected chi connectivity index (χ1v) is 8.72. The van der Waals surface area contributed by atoms with Crippen molar-refractivity contribution < 1.29 is 0 Å². The molecule has 1 heterocycles. The Balaban J connectivity index is 2.14. The van der Waals surface area contributed by atoms with E-state index in [9.17, 15) is 0 Å². The summed E-state index contributed by atoms with van der Waals surface area (Å²) in [4.78, 5) is 16.5. The first-order valence-electron chi connectivity index (χ1n) is 6.77. The second-order valence-electron chi connectivity index (χ2n) is 4.40. The van der Waals surface area contributed by atoms with E-state index < -0.39 is 0 Å². The number of hydrogen-bond donors (Lipinski definition) is 4. The van der Waals surface area contributed by atoms with Crippen LogP contribution in [0.25, 0.3) is 0 Å². The summed E-state index contributed by atoms with van der Waals surface area (Å²) in [6.07, 6.45) is 3.30. The monoisotopic (exact) mass is 401 g/mol. The number of aliphatic imine (C=N–C) groups is 2. The van der Waals surface area contributed by atoms with Crippen molar-refractivity contribution in [3.8, 4) is 6.19 Å². The number of guanidine groups is 2. The maximum atomic E-state index is 8.41. The molecule has 11 heteroatoms. The second kappa shape index (κ2) is 10.7. The predicted molar refractivity (Wildman–Crippen MR) is 96.8 cm³/mol. The van der Waals surface area contributed by atoms with E-state index in [2.05, 4.69) is 41.2 Å². The van der Waals surface area contributed by atoms with Gasteiger partial charge in [0.2, 0.25) is 12.2 Å². The third-order valence-corrected chi connectivity index (χ3v) is 4.37. The molecule has 0 radical (unpaired) electrons. The Bertz CT molecular complexity index is 577. The van der Waals surface area contributed by atoms with E-state index in [1.165, 1.54) is 0 Å². The van der Waals surface area contributed by atoms with E-state index in [1.807, 2.05) is 0 Å². The Hall–Kier alpha value is -1.93. The molecular weight excluding hydrogens is 382 g/mol. The van der Waals surface area contributed by atoms with Crippen LogP contribution in [0.4, 0.5) is 0 Å². The van der Waals surface area contributed by atoms with Gasteiger partial charge in [0.1, 0.15) is 4.60 Å². The van der Waals surface area contributed by atoms with E-state index in [0.717, 1.165) is 21.8 Å². The molecule has 9 nitrogen and oxygen atoms in total. The number of nitriles is 1. The van der Waals surface area contributed by atoms with Gasteiger partial charge in [0.15, 0.2) is 5.96 Å². The average molecular weight is 402 g/mol. The highest BCUT2D eigenvalue weighted by atomic mass is 79.9. The van der Waals surface area contributed by atoms with E-state index in [0.29, 0.717) is 25.6 Å². The van der Waals surface area contributed by atoms with E-state index >= 15 is 0 Å². The number of H-pyrrole nitrogens is 1. The number of hydrogen-bond acceptors (Lipinski definition) is 5. The van der Waals surface area contributed by atoms with Crippen LogP contribution in [0.1, 0.15) is 5.69 Å². The summed E-state index contributed by atoms with van der Waals surface area (Å²) in [5, 5.41) is 11.4. The Morgan fingerprint density at radius 2 is 2.39 bits per heavy atom. The normalized spacial score (nSPS) is 12.0. The molecule has 0 unspecified atom stereocenters. The zero-order valence-corrected chi connectivity index (χ0v) is 15.2. The van der Waals surface area contributed by atoms with Crippen molar-refractivity contribution in [2.24, 2.45) is 21.5 Å².